The largest absolute Gasteiger partial charge is 0.280 e. The molecule has 0 bridgehead atoms. The molecule has 0 N–H and O–H groups in total. The Morgan fingerprint density at radius 1 is 1.40 bits per heavy atom. The highest BCUT2D eigenvalue weighted by molar-refractivity contribution is 6.53. The number of nitrogens with zero attached hydrogens (tertiary/aromatic N) is 3. The lowest BCUT2D eigenvalue weighted by molar-refractivity contribution is -0.122. The fourth-order valence-corrected chi connectivity index (χ4v) is 2.66. The van der Waals surface area contributed by atoms with Crippen molar-refractivity contribution in [3.63, 3.8) is 0 Å². The van der Waals surface area contributed by atoms with Gasteiger partial charge >= 0.3 is 0 Å². The van der Waals surface area contributed by atoms with Crippen LogP contribution in [-0.4, -0.2) is 33.9 Å². The van der Waals surface area contributed by atoms with Gasteiger partial charge in [-0.2, -0.15) is 4.99 Å². The second kappa shape index (κ2) is 4.20. The van der Waals surface area contributed by atoms with Crippen molar-refractivity contribution in [3.8, 4) is 0 Å². The van der Waals surface area contributed by atoms with E-state index in [-0.39, 0.29) is 0 Å². The quantitative estimate of drug-likeness (QED) is 0.549. The molecule has 0 saturated heterocycles. The van der Waals surface area contributed by atoms with Crippen molar-refractivity contribution in [2.24, 2.45) is 20.4 Å². The maximum absolute atomic E-state index is 12.1. The maximum atomic E-state index is 12.1. The minimum atomic E-state index is -1.06. The summed E-state index contributed by atoms with van der Waals surface area (Å²) >= 11 is 11.9. The van der Waals surface area contributed by atoms with Crippen LogP contribution in [0, 0.1) is 5.41 Å². The van der Waals surface area contributed by atoms with Gasteiger partial charge in [-0.1, -0.05) is 0 Å². The van der Waals surface area contributed by atoms with Crippen LogP contribution >= 0.6 is 23.2 Å². The molecule has 3 aliphatic rings. The molecule has 1 atom stereocenters. The molecule has 102 valence electrons. The number of rotatable bonds is 1. The summed E-state index contributed by atoms with van der Waals surface area (Å²) < 4.78 is -1.06. The van der Waals surface area contributed by atoms with Gasteiger partial charge in [-0.25, -0.2) is 9.98 Å². The second-order valence-corrected chi connectivity index (χ2v) is 6.49. The lowest BCUT2D eigenvalue weighted by Gasteiger charge is -2.12. The third-order valence-corrected chi connectivity index (χ3v) is 4.64. The smallest absolute Gasteiger partial charge is 0.272 e. The Morgan fingerprint density at radius 3 is 2.75 bits per heavy atom. The number of allylic oxidation sites excluding steroid dienone is 3. The third kappa shape index (κ3) is 1.98. The number of hydrogen-bond acceptors (Lipinski definition) is 3. The zero-order valence-corrected chi connectivity index (χ0v) is 11.9. The van der Waals surface area contributed by atoms with E-state index in [1.54, 1.807) is 19.1 Å². The van der Waals surface area contributed by atoms with Crippen LogP contribution in [0.3, 0.4) is 0 Å². The van der Waals surface area contributed by atoms with E-state index in [0.29, 0.717) is 23.4 Å². The highest BCUT2D eigenvalue weighted by atomic mass is 35.5. The standard InChI is InChI=1S/C13H9Cl2N3O2/c1-12(5-13(12,14)15)11(20)18-7-2-3-9-8(4-7)10(19)17-6-16-9/h2-4,6H,5H2,1H3. The van der Waals surface area contributed by atoms with E-state index >= 15 is 0 Å². The van der Waals surface area contributed by atoms with Crippen molar-refractivity contribution < 1.29 is 9.59 Å². The Balaban J connectivity index is 1.89. The average molecular weight is 310 g/mol. The molecule has 0 aromatic heterocycles. The fraction of sp³-hybridized carbons (Fsp3) is 0.308. The first-order chi connectivity index (χ1) is 9.33. The minimum absolute atomic E-state index is 0.325. The van der Waals surface area contributed by atoms with E-state index in [9.17, 15) is 9.59 Å². The number of aliphatic imine (C=N–C) groups is 3. The Hall–Kier alpha value is -1.59. The van der Waals surface area contributed by atoms with E-state index < -0.39 is 21.6 Å². The zero-order valence-electron chi connectivity index (χ0n) is 10.4. The highest BCUT2D eigenvalue weighted by Crippen LogP contribution is 2.64. The lowest BCUT2D eigenvalue weighted by Crippen LogP contribution is -2.21. The average Bonchev–Trinajstić information content (AvgIpc) is 2.91. The van der Waals surface area contributed by atoms with E-state index in [0.717, 1.165) is 0 Å². The van der Waals surface area contributed by atoms with Crippen molar-refractivity contribution in [2.45, 2.75) is 17.7 Å². The third-order valence-electron chi connectivity index (χ3n) is 3.54. The van der Waals surface area contributed by atoms with Gasteiger partial charge in [0.2, 0.25) is 0 Å². The molecule has 1 saturated carbocycles. The van der Waals surface area contributed by atoms with Gasteiger partial charge in [0.05, 0.1) is 22.4 Å². The van der Waals surface area contributed by atoms with Gasteiger partial charge in [0, 0.05) is 0 Å². The highest BCUT2D eigenvalue weighted by Gasteiger charge is 2.68. The van der Waals surface area contributed by atoms with Gasteiger partial charge in [-0.15, -0.1) is 23.2 Å². The SMILES string of the molecule is CC1(C(=O)N=C2C=CC3=NC=NC(=O)C3=C2)CC1(Cl)Cl. The molecule has 2 aliphatic carbocycles. The van der Waals surface area contributed by atoms with Crippen LogP contribution in [0.15, 0.2) is 38.8 Å². The molecule has 1 unspecified atom stereocenters. The zero-order chi connectivity index (χ0) is 14.5. The summed E-state index contributed by atoms with van der Waals surface area (Å²) in [6.07, 6.45) is 6.30. The summed E-state index contributed by atoms with van der Waals surface area (Å²) in [4.78, 5) is 35.2. The summed E-state index contributed by atoms with van der Waals surface area (Å²) in [5, 5.41) is 0. The predicted molar refractivity (Wildman–Crippen MR) is 77.8 cm³/mol. The number of halogens is 2. The summed E-state index contributed by atoms with van der Waals surface area (Å²) in [6.45, 7) is 1.67. The van der Waals surface area contributed by atoms with E-state index in [2.05, 4.69) is 15.0 Å². The predicted octanol–water partition coefficient (Wildman–Crippen LogP) is 2.04. The molecule has 1 fully saturated rings. The molecule has 1 heterocycles. The van der Waals surface area contributed by atoms with Gasteiger partial charge in [-0.3, -0.25) is 9.59 Å². The maximum Gasteiger partial charge on any atom is 0.280 e. The van der Waals surface area contributed by atoms with Crippen LogP contribution in [0.2, 0.25) is 0 Å². The first-order valence-corrected chi connectivity index (χ1v) is 6.65. The second-order valence-electron chi connectivity index (χ2n) is 5.01. The lowest BCUT2D eigenvalue weighted by atomic mass is 10.0. The Labute approximate surface area is 124 Å². The number of amides is 2. The first kappa shape index (κ1) is 13.4. The number of alkyl halides is 2. The Kier molecular flexibility index (Phi) is 2.81. The normalized spacial score (nSPS) is 31.8. The summed E-state index contributed by atoms with van der Waals surface area (Å²) in [5.41, 5.74) is 0.341. The summed E-state index contributed by atoms with van der Waals surface area (Å²) in [5.74, 6) is -0.799. The molecular formula is C13H9Cl2N3O2. The van der Waals surface area contributed by atoms with E-state index in [1.165, 1.54) is 12.4 Å². The molecule has 20 heavy (non-hydrogen) atoms. The van der Waals surface area contributed by atoms with Gasteiger partial charge in [0.25, 0.3) is 11.8 Å². The van der Waals surface area contributed by atoms with Crippen molar-refractivity contribution in [2.75, 3.05) is 0 Å². The van der Waals surface area contributed by atoms with Crippen LogP contribution in [0.4, 0.5) is 0 Å². The number of fused-ring (bicyclic) bond motifs is 1. The van der Waals surface area contributed by atoms with E-state index in [1.807, 2.05) is 0 Å². The van der Waals surface area contributed by atoms with Crippen molar-refractivity contribution in [3.05, 3.63) is 23.8 Å². The number of hydrogen-bond donors (Lipinski definition) is 0. The Bertz CT molecular complexity index is 686. The molecule has 0 aromatic carbocycles. The van der Waals surface area contributed by atoms with Crippen LogP contribution in [0.5, 0.6) is 0 Å². The monoisotopic (exact) mass is 309 g/mol. The van der Waals surface area contributed by atoms with Crippen LogP contribution < -0.4 is 0 Å². The fourth-order valence-electron chi connectivity index (χ4n) is 1.96. The topological polar surface area (TPSA) is 71.2 Å². The van der Waals surface area contributed by atoms with Gasteiger partial charge in [0.15, 0.2) is 0 Å². The number of carbonyl (C=O) groups is 2. The van der Waals surface area contributed by atoms with Crippen LogP contribution in [-0.2, 0) is 9.59 Å². The molecule has 1 aliphatic heterocycles. The first-order valence-electron chi connectivity index (χ1n) is 5.89. The molecule has 7 heteroatoms. The van der Waals surface area contributed by atoms with Crippen molar-refractivity contribution >= 4 is 52.8 Å². The minimum Gasteiger partial charge on any atom is -0.272 e. The molecule has 2 amide bonds. The van der Waals surface area contributed by atoms with E-state index in [4.69, 9.17) is 23.2 Å². The molecule has 3 rings (SSSR count). The van der Waals surface area contributed by atoms with Gasteiger partial charge in [-0.05, 0) is 31.6 Å². The van der Waals surface area contributed by atoms with Gasteiger partial charge in [0.1, 0.15) is 10.7 Å². The molecule has 0 aromatic rings. The molecule has 5 nitrogen and oxygen atoms in total. The molecular weight excluding hydrogens is 301 g/mol. The summed E-state index contributed by atoms with van der Waals surface area (Å²) in [6, 6.07) is 0. The van der Waals surface area contributed by atoms with Crippen molar-refractivity contribution in [1.29, 1.82) is 0 Å². The Morgan fingerprint density at radius 2 is 2.10 bits per heavy atom. The molecule has 0 radical (unpaired) electrons. The van der Waals surface area contributed by atoms with Crippen molar-refractivity contribution in [1.82, 2.24) is 0 Å². The van der Waals surface area contributed by atoms with Crippen LogP contribution in [0.1, 0.15) is 13.3 Å². The molecule has 0 spiro atoms. The summed E-state index contributed by atoms with van der Waals surface area (Å²) in [7, 11) is 0. The van der Waals surface area contributed by atoms with Crippen LogP contribution in [0.25, 0.3) is 0 Å². The van der Waals surface area contributed by atoms with Gasteiger partial charge < -0.3 is 0 Å². The number of carbonyl (C=O) groups excluding carboxylic acids is 2.